The van der Waals surface area contributed by atoms with E-state index in [1.807, 2.05) is 17.5 Å². The number of amides is 2. The first-order chi connectivity index (χ1) is 15.1. The van der Waals surface area contributed by atoms with Crippen molar-refractivity contribution in [1.82, 2.24) is 15.1 Å². The molecule has 2 aromatic heterocycles. The summed E-state index contributed by atoms with van der Waals surface area (Å²) >= 11 is 1.43. The van der Waals surface area contributed by atoms with E-state index in [-0.39, 0.29) is 23.7 Å². The van der Waals surface area contributed by atoms with E-state index < -0.39 is 18.5 Å². The summed E-state index contributed by atoms with van der Waals surface area (Å²) in [5, 5.41) is 22.2. The van der Waals surface area contributed by atoms with Crippen molar-refractivity contribution in [2.75, 3.05) is 18.5 Å². The molecule has 31 heavy (non-hydrogen) atoms. The number of anilines is 1. The Morgan fingerprint density at radius 3 is 2.71 bits per heavy atom. The number of para-hydroxylation sites is 1. The Morgan fingerprint density at radius 1 is 1.19 bits per heavy atom. The number of aromatic nitrogens is 2. The van der Waals surface area contributed by atoms with E-state index in [2.05, 4.69) is 15.7 Å². The normalized spacial score (nSPS) is 10.2. The molecule has 2 amide bonds. The quantitative estimate of drug-likeness (QED) is 0.391. The fraction of sp³-hybridized carbons (Fsp3) is 0.190. The van der Waals surface area contributed by atoms with E-state index in [4.69, 9.17) is 4.74 Å². The molecule has 10 heteroatoms. The molecule has 0 fully saturated rings. The summed E-state index contributed by atoms with van der Waals surface area (Å²) in [5.74, 6) is -1.14. The number of ether oxygens (including phenoxy) is 1. The van der Waals surface area contributed by atoms with Crippen molar-refractivity contribution in [3.05, 3.63) is 64.5 Å². The maximum Gasteiger partial charge on any atom is 0.306 e. The first-order valence-electron chi connectivity index (χ1n) is 9.38. The van der Waals surface area contributed by atoms with Crippen molar-refractivity contribution in [2.45, 2.75) is 12.8 Å². The molecule has 0 aliphatic rings. The predicted molar refractivity (Wildman–Crippen MR) is 114 cm³/mol. The van der Waals surface area contributed by atoms with Gasteiger partial charge in [-0.3, -0.25) is 14.4 Å². The lowest BCUT2D eigenvalue weighted by Gasteiger charge is -2.10. The Bertz CT molecular complexity index is 1090. The number of nitrogens with zero attached hydrogens (tertiary/aromatic N) is 3. The minimum atomic E-state index is -0.590. The highest BCUT2D eigenvalue weighted by Gasteiger charge is 2.16. The first kappa shape index (κ1) is 21.7. The molecule has 158 valence electrons. The Morgan fingerprint density at radius 2 is 2.00 bits per heavy atom. The lowest BCUT2D eigenvalue weighted by atomic mass is 10.3. The zero-order chi connectivity index (χ0) is 22.1. The van der Waals surface area contributed by atoms with E-state index >= 15 is 0 Å². The molecule has 0 radical (unpaired) electrons. The summed E-state index contributed by atoms with van der Waals surface area (Å²) in [6.07, 6.45) is 1.79. The molecular weight excluding hydrogens is 418 g/mol. The average Bonchev–Trinajstić information content (AvgIpc) is 3.46. The molecule has 1 aromatic carbocycles. The number of rotatable bonds is 9. The van der Waals surface area contributed by atoms with Crippen LogP contribution in [0.25, 0.3) is 5.69 Å². The lowest BCUT2D eigenvalue weighted by Crippen LogP contribution is -2.25. The largest absolute Gasteiger partial charge is 0.456 e. The van der Waals surface area contributed by atoms with E-state index in [1.165, 1.54) is 22.2 Å². The molecule has 3 rings (SSSR count). The number of carbonyl (C=O) groups is 3. The monoisotopic (exact) mass is 437 g/mol. The second kappa shape index (κ2) is 10.7. The molecule has 0 aliphatic heterocycles. The van der Waals surface area contributed by atoms with Gasteiger partial charge in [-0.1, -0.05) is 18.2 Å². The molecule has 0 spiro atoms. The summed E-state index contributed by atoms with van der Waals surface area (Å²) in [6.45, 7) is -0.178. The highest BCUT2D eigenvalue weighted by Crippen LogP contribution is 2.19. The third-order valence-corrected chi connectivity index (χ3v) is 4.82. The van der Waals surface area contributed by atoms with Crippen LogP contribution >= 0.6 is 11.3 Å². The van der Waals surface area contributed by atoms with Crippen LogP contribution in [0.5, 0.6) is 0 Å². The van der Waals surface area contributed by atoms with Gasteiger partial charge < -0.3 is 15.4 Å². The smallest absolute Gasteiger partial charge is 0.306 e. The molecule has 0 saturated heterocycles. The van der Waals surface area contributed by atoms with Gasteiger partial charge in [0.15, 0.2) is 12.4 Å². The number of esters is 1. The Kier molecular flexibility index (Phi) is 7.50. The number of hydrogen-bond donors (Lipinski definition) is 2. The van der Waals surface area contributed by atoms with Crippen LogP contribution in [-0.2, 0) is 14.3 Å². The molecule has 0 bridgehead atoms. The Balaban J connectivity index is 1.44. The molecule has 9 nitrogen and oxygen atoms in total. The van der Waals surface area contributed by atoms with E-state index in [0.717, 1.165) is 0 Å². The maximum absolute atomic E-state index is 12.2. The summed E-state index contributed by atoms with van der Waals surface area (Å²) in [5.41, 5.74) is 1.43. The minimum Gasteiger partial charge on any atom is -0.456 e. The van der Waals surface area contributed by atoms with Gasteiger partial charge in [-0.2, -0.15) is 21.7 Å². The van der Waals surface area contributed by atoms with Crippen molar-refractivity contribution in [1.29, 1.82) is 5.26 Å². The van der Waals surface area contributed by atoms with Gasteiger partial charge in [-0.25, -0.2) is 4.68 Å². The molecule has 0 unspecified atom stereocenters. The predicted octanol–water partition coefficient (Wildman–Crippen LogP) is 2.50. The van der Waals surface area contributed by atoms with Crippen LogP contribution in [0.2, 0.25) is 0 Å². The van der Waals surface area contributed by atoms with Crippen LogP contribution in [-0.4, -0.2) is 40.7 Å². The van der Waals surface area contributed by atoms with Crippen molar-refractivity contribution in [3.8, 4) is 11.8 Å². The zero-order valence-electron chi connectivity index (χ0n) is 16.4. The van der Waals surface area contributed by atoms with Crippen LogP contribution in [0.1, 0.15) is 28.8 Å². The van der Waals surface area contributed by atoms with Gasteiger partial charge in [0.05, 0.1) is 11.9 Å². The van der Waals surface area contributed by atoms with Gasteiger partial charge >= 0.3 is 5.97 Å². The van der Waals surface area contributed by atoms with Crippen LogP contribution in [0, 0.1) is 11.3 Å². The molecule has 0 atom stereocenters. The van der Waals surface area contributed by atoms with Crippen molar-refractivity contribution >= 4 is 34.9 Å². The third-order valence-electron chi connectivity index (χ3n) is 4.14. The van der Waals surface area contributed by atoms with Gasteiger partial charge in [0.25, 0.3) is 11.8 Å². The zero-order valence-corrected chi connectivity index (χ0v) is 17.2. The van der Waals surface area contributed by atoms with E-state index in [0.29, 0.717) is 24.2 Å². The SMILES string of the molecule is N#Cc1cnn(-c2ccccc2)c1NC(=O)COC(=O)CCCNC(=O)c1ccsc1. The third kappa shape index (κ3) is 6.01. The Labute approximate surface area is 182 Å². The van der Waals surface area contributed by atoms with Gasteiger partial charge in [0.2, 0.25) is 0 Å². The number of carbonyl (C=O) groups excluding carboxylic acids is 3. The van der Waals surface area contributed by atoms with Crippen LogP contribution in [0.15, 0.2) is 53.4 Å². The summed E-state index contributed by atoms with van der Waals surface area (Å²) in [4.78, 5) is 35.9. The number of hydrogen-bond acceptors (Lipinski definition) is 7. The molecule has 2 N–H and O–H groups in total. The van der Waals surface area contributed by atoms with Gasteiger partial charge in [-0.15, -0.1) is 0 Å². The van der Waals surface area contributed by atoms with Gasteiger partial charge in [0, 0.05) is 23.9 Å². The fourth-order valence-corrected chi connectivity index (χ4v) is 3.27. The topological polar surface area (TPSA) is 126 Å². The van der Waals surface area contributed by atoms with Crippen molar-refractivity contribution in [3.63, 3.8) is 0 Å². The number of benzene rings is 1. The average molecular weight is 437 g/mol. The number of nitrogens with one attached hydrogen (secondary N) is 2. The first-order valence-corrected chi connectivity index (χ1v) is 10.3. The molecule has 2 heterocycles. The minimum absolute atomic E-state index is 0.0581. The van der Waals surface area contributed by atoms with Gasteiger partial charge in [0.1, 0.15) is 11.6 Å². The molecule has 0 aliphatic carbocycles. The summed E-state index contributed by atoms with van der Waals surface area (Å²) in [6, 6.07) is 12.7. The van der Waals surface area contributed by atoms with Crippen LogP contribution < -0.4 is 10.6 Å². The van der Waals surface area contributed by atoms with Gasteiger partial charge in [-0.05, 0) is 30.0 Å². The molecule has 3 aromatic rings. The van der Waals surface area contributed by atoms with Crippen molar-refractivity contribution in [2.24, 2.45) is 0 Å². The fourth-order valence-electron chi connectivity index (χ4n) is 2.63. The number of thiophene rings is 1. The van der Waals surface area contributed by atoms with Crippen LogP contribution in [0.4, 0.5) is 5.82 Å². The van der Waals surface area contributed by atoms with E-state index in [1.54, 1.807) is 35.7 Å². The molecular formula is C21H19N5O4S. The van der Waals surface area contributed by atoms with E-state index in [9.17, 15) is 19.6 Å². The molecule has 0 saturated carbocycles. The summed E-state index contributed by atoms with van der Waals surface area (Å²) < 4.78 is 6.40. The Hall–Kier alpha value is -3.97. The second-order valence-corrected chi connectivity index (χ2v) is 7.13. The lowest BCUT2D eigenvalue weighted by molar-refractivity contribution is -0.147. The highest BCUT2D eigenvalue weighted by molar-refractivity contribution is 7.08. The van der Waals surface area contributed by atoms with Crippen LogP contribution in [0.3, 0.4) is 0 Å². The maximum atomic E-state index is 12.2. The standard InChI is InChI=1S/C21H19N5O4S/c22-11-16-12-24-26(17-5-2-1-3-6-17)20(16)25-18(27)13-30-19(28)7-4-9-23-21(29)15-8-10-31-14-15/h1-3,5-6,8,10,12,14H,4,7,9,13H2,(H,23,29)(H,25,27). The number of nitriles is 1. The summed E-state index contributed by atoms with van der Waals surface area (Å²) in [7, 11) is 0. The van der Waals surface area contributed by atoms with Crippen molar-refractivity contribution < 1.29 is 19.1 Å². The second-order valence-electron chi connectivity index (χ2n) is 6.35. The highest BCUT2D eigenvalue weighted by atomic mass is 32.1.